The number of carbonyl (C=O) groups excluding carboxylic acids is 2. The van der Waals surface area contributed by atoms with Gasteiger partial charge in [0.05, 0.1) is 12.1 Å². The minimum absolute atomic E-state index is 0.0103. The summed E-state index contributed by atoms with van der Waals surface area (Å²) in [6, 6.07) is 9.99. The van der Waals surface area contributed by atoms with E-state index in [2.05, 4.69) is 5.32 Å². The molecule has 0 bridgehead atoms. The van der Waals surface area contributed by atoms with Gasteiger partial charge in [-0.3, -0.25) is 4.79 Å². The minimum Gasteiger partial charge on any atom is -0.334 e. The van der Waals surface area contributed by atoms with Crippen LogP contribution < -0.4 is 5.32 Å². The van der Waals surface area contributed by atoms with Crippen LogP contribution in [-0.2, 0) is 4.79 Å². The van der Waals surface area contributed by atoms with Gasteiger partial charge in [-0.05, 0) is 25.3 Å². The van der Waals surface area contributed by atoms with Crippen LogP contribution in [-0.4, -0.2) is 47.4 Å². The molecule has 2 atom stereocenters. The van der Waals surface area contributed by atoms with Crippen molar-refractivity contribution in [2.24, 2.45) is 0 Å². The second-order valence-corrected chi connectivity index (χ2v) is 6.88. The van der Waals surface area contributed by atoms with Crippen molar-refractivity contribution < 1.29 is 9.59 Å². The molecule has 2 heterocycles. The molecule has 2 aliphatic rings. The monoisotopic (exact) mass is 329 g/mol. The SMILES string of the molecule is CC(c1ccccc1)N1CC(NC(=O)N2CCCCCC2)CC1=O. The number of amides is 3. The molecule has 0 saturated carbocycles. The first kappa shape index (κ1) is 16.8. The number of nitrogens with one attached hydrogen (secondary N) is 1. The number of nitrogens with zero attached hydrogens (tertiary/aromatic N) is 2. The molecule has 2 unspecified atom stereocenters. The molecule has 2 saturated heterocycles. The van der Waals surface area contributed by atoms with E-state index in [4.69, 9.17) is 0 Å². The summed E-state index contributed by atoms with van der Waals surface area (Å²) in [4.78, 5) is 28.6. The number of urea groups is 1. The Kier molecular flexibility index (Phi) is 5.38. The molecule has 24 heavy (non-hydrogen) atoms. The lowest BCUT2D eigenvalue weighted by Gasteiger charge is -2.26. The van der Waals surface area contributed by atoms with E-state index in [-0.39, 0.29) is 24.0 Å². The van der Waals surface area contributed by atoms with Crippen LogP contribution >= 0.6 is 0 Å². The van der Waals surface area contributed by atoms with Crippen LogP contribution in [0.5, 0.6) is 0 Å². The first-order chi connectivity index (χ1) is 11.6. The van der Waals surface area contributed by atoms with Gasteiger partial charge in [0.2, 0.25) is 5.91 Å². The maximum absolute atomic E-state index is 12.4. The summed E-state index contributed by atoms with van der Waals surface area (Å²) < 4.78 is 0. The molecule has 0 aromatic heterocycles. The lowest BCUT2D eigenvalue weighted by Crippen LogP contribution is -2.46. The lowest BCUT2D eigenvalue weighted by atomic mass is 10.1. The summed E-state index contributed by atoms with van der Waals surface area (Å²) in [5, 5.41) is 3.07. The Morgan fingerprint density at radius 1 is 1.12 bits per heavy atom. The Morgan fingerprint density at radius 2 is 1.79 bits per heavy atom. The maximum Gasteiger partial charge on any atom is 0.317 e. The fourth-order valence-corrected chi connectivity index (χ4v) is 3.65. The van der Waals surface area contributed by atoms with Gasteiger partial charge >= 0.3 is 6.03 Å². The number of hydrogen-bond acceptors (Lipinski definition) is 2. The normalized spacial score (nSPS) is 23.0. The van der Waals surface area contributed by atoms with E-state index in [0.29, 0.717) is 13.0 Å². The van der Waals surface area contributed by atoms with E-state index in [1.54, 1.807) is 0 Å². The molecular formula is C19H27N3O2. The number of rotatable bonds is 3. The van der Waals surface area contributed by atoms with Gasteiger partial charge in [-0.2, -0.15) is 0 Å². The molecule has 3 amide bonds. The van der Waals surface area contributed by atoms with Crippen LogP contribution in [0.4, 0.5) is 4.79 Å². The van der Waals surface area contributed by atoms with E-state index < -0.39 is 0 Å². The summed E-state index contributed by atoms with van der Waals surface area (Å²) >= 11 is 0. The molecule has 1 N–H and O–H groups in total. The molecule has 1 aromatic carbocycles. The Labute approximate surface area is 144 Å². The van der Waals surface area contributed by atoms with Crippen molar-refractivity contribution >= 4 is 11.9 Å². The highest BCUT2D eigenvalue weighted by molar-refractivity contribution is 5.82. The third-order valence-corrected chi connectivity index (χ3v) is 5.13. The number of likely N-dealkylation sites (tertiary alicyclic amines) is 2. The largest absolute Gasteiger partial charge is 0.334 e. The number of carbonyl (C=O) groups is 2. The standard InChI is InChI=1S/C19H27N3O2/c1-15(16-9-5-4-6-10-16)22-14-17(13-18(22)23)20-19(24)21-11-7-2-3-8-12-21/h4-6,9-10,15,17H,2-3,7-8,11-14H2,1H3,(H,20,24). The van der Waals surface area contributed by atoms with Crippen LogP contribution in [0.25, 0.3) is 0 Å². The van der Waals surface area contributed by atoms with Crippen LogP contribution in [0.1, 0.15) is 50.6 Å². The lowest BCUT2D eigenvalue weighted by molar-refractivity contribution is -0.129. The Morgan fingerprint density at radius 3 is 2.46 bits per heavy atom. The van der Waals surface area contributed by atoms with E-state index in [9.17, 15) is 9.59 Å². The topological polar surface area (TPSA) is 52.7 Å². The van der Waals surface area contributed by atoms with E-state index in [1.165, 1.54) is 12.8 Å². The molecule has 2 fully saturated rings. The third-order valence-electron chi connectivity index (χ3n) is 5.13. The molecule has 0 aliphatic carbocycles. The molecular weight excluding hydrogens is 302 g/mol. The minimum atomic E-state index is -0.0839. The first-order valence-electron chi connectivity index (χ1n) is 9.05. The summed E-state index contributed by atoms with van der Waals surface area (Å²) in [6.45, 7) is 4.30. The zero-order valence-electron chi connectivity index (χ0n) is 14.4. The van der Waals surface area contributed by atoms with Gasteiger partial charge in [0.15, 0.2) is 0 Å². The first-order valence-corrected chi connectivity index (χ1v) is 9.05. The highest BCUT2D eigenvalue weighted by Gasteiger charge is 2.34. The number of benzene rings is 1. The van der Waals surface area contributed by atoms with Gasteiger partial charge < -0.3 is 15.1 Å². The van der Waals surface area contributed by atoms with Crippen molar-refractivity contribution in [3.8, 4) is 0 Å². The van der Waals surface area contributed by atoms with E-state index in [1.807, 2.05) is 47.1 Å². The van der Waals surface area contributed by atoms with Gasteiger partial charge in [-0.25, -0.2) is 4.79 Å². The van der Waals surface area contributed by atoms with Crippen LogP contribution in [0.15, 0.2) is 30.3 Å². The fourth-order valence-electron chi connectivity index (χ4n) is 3.65. The average Bonchev–Trinajstić information content (AvgIpc) is 2.80. The Hall–Kier alpha value is -2.04. The van der Waals surface area contributed by atoms with Gasteiger partial charge in [0.25, 0.3) is 0 Å². The van der Waals surface area contributed by atoms with Crippen molar-refractivity contribution in [2.45, 2.75) is 51.1 Å². The van der Waals surface area contributed by atoms with Gasteiger partial charge in [-0.1, -0.05) is 43.2 Å². The summed E-state index contributed by atoms with van der Waals surface area (Å²) in [5.41, 5.74) is 1.13. The third kappa shape index (κ3) is 3.89. The summed E-state index contributed by atoms with van der Waals surface area (Å²) in [5.74, 6) is 0.118. The molecule has 2 aliphatic heterocycles. The molecule has 3 rings (SSSR count). The van der Waals surface area contributed by atoms with Gasteiger partial charge in [0, 0.05) is 26.1 Å². The smallest absolute Gasteiger partial charge is 0.317 e. The van der Waals surface area contributed by atoms with Crippen molar-refractivity contribution in [1.82, 2.24) is 15.1 Å². The van der Waals surface area contributed by atoms with E-state index in [0.717, 1.165) is 31.5 Å². The highest BCUT2D eigenvalue weighted by Crippen LogP contribution is 2.25. The maximum atomic E-state index is 12.4. The van der Waals surface area contributed by atoms with Crippen LogP contribution in [0.3, 0.4) is 0 Å². The molecule has 130 valence electrons. The number of hydrogen-bond donors (Lipinski definition) is 1. The molecule has 5 nitrogen and oxygen atoms in total. The summed E-state index contributed by atoms with van der Waals surface area (Å²) in [6.07, 6.45) is 4.96. The highest BCUT2D eigenvalue weighted by atomic mass is 16.2. The second-order valence-electron chi connectivity index (χ2n) is 6.88. The molecule has 0 spiro atoms. The predicted molar refractivity (Wildman–Crippen MR) is 93.5 cm³/mol. The molecule has 1 aromatic rings. The fraction of sp³-hybridized carbons (Fsp3) is 0.579. The second kappa shape index (κ2) is 7.69. The molecule has 5 heteroatoms. The zero-order valence-corrected chi connectivity index (χ0v) is 14.4. The summed E-state index contributed by atoms with van der Waals surface area (Å²) in [7, 11) is 0. The van der Waals surface area contributed by atoms with Crippen LogP contribution in [0.2, 0.25) is 0 Å². The zero-order chi connectivity index (χ0) is 16.9. The van der Waals surface area contributed by atoms with Crippen LogP contribution in [0, 0.1) is 0 Å². The molecule has 0 radical (unpaired) electrons. The Bertz CT molecular complexity index is 567. The Balaban J connectivity index is 1.57. The van der Waals surface area contributed by atoms with Gasteiger partial charge in [-0.15, -0.1) is 0 Å². The van der Waals surface area contributed by atoms with Crippen molar-refractivity contribution in [2.75, 3.05) is 19.6 Å². The quantitative estimate of drug-likeness (QED) is 0.927. The van der Waals surface area contributed by atoms with Crippen molar-refractivity contribution in [1.29, 1.82) is 0 Å². The predicted octanol–water partition coefficient (Wildman–Crippen LogP) is 2.93. The van der Waals surface area contributed by atoms with Crippen molar-refractivity contribution in [3.63, 3.8) is 0 Å². The van der Waals surface area contributed by atoms with Gasteiger partial charge in [0.1, 0.15) is 0 Å². The average molecular weight is 329 g/mol. The van der Waals surface area contributed by atoms with E-state index >= 15 is 0 Å². The van der Waals surface area contributed by atoms with Crippen molar-refractivity contribution in [3.05, 3.63) is 35.9 Å².